The summed E-state index contributed by atoms with van der Waals surface area (Å²) in [5.74, 6) is 0.0569. The van der Waals surface area contributed by atoms with Gasteiger partial charge in [-0.3, -0.25) is 4.79 Å². The molecule has 0 N–H and O–H groups in total. The second-order valence-electron chi connectivity index (χ2n) is 6.63. The van der Waals surface area contributed by atoms with Gasteiger partial charge in [0.1, 0.15) is 5.82 Å². The van der Waals surface area contributed by atoms with Crippen LogP contribution in [0.15, 0.2) is 77.5 Å². The quantitative estimate of drug-likeness (QED) is 0.207. The van der Waals surface area contributed by atoms with Crippen LogP contribution in [0.1, 0.15) is 17.0 Å². The summed E-state index contributed by atoms with van der Waals surface area (Å²) in [5.41, 5.74) is -0.149. The van der Waals surface area contributed by atoms with Crippen LogP contribution in [0.2, 0.25) is 0 Å². The summed E-state index contributed by atoms with van der Waals surface area (Å²) < 4.78 is 41.4. The maximum Gasteiger partial charge on any atom is 0.416 e. The van der Waals surface area contributed by atoms with E-state index in [0.29, 0.717) is 23.1 Å². The third kappa shape index (κ3) is 5.85. The molecule has 0 saturated carbocycles. The molecule has 1 aromatic heterocycles. The second kappa shape index (κ2) is 10.3. The van der Waals surface area contributed by atoms with Crippen LogP contribution in [-0.2, 0) is 17.5 Å². The maximum absolute atomic E-state index is 13.2. The molecule has 32 heavy (non-hydrogen) atoms. The molecule has 0 spiro atoms. The van der Waals surface area contributed by atoms with Gasteiger partial charge in [0.25, 0.3) is 5.91 Å². The highest BCUT2D eigenvalue weighted by molar-refractivity contribution is 7.99. The summed E-state index contributed by atoms with van der Waals surface area (Å²) in [6.07, 6.45) is -1.43. The highest BCUT2D eigenvalue weighted by Crippen LogP contribution is 2.32. The van der Waals surface area contributed by atoms with Crippen molar-refractivity contribution in [3.05, 3.63) is 84.2 Å². The van der Waals surface area contributed by atoms with E-state index in [0.717, 1.165) is 28.9 Å². The Hall–Kier alpha value is -3.40. The lowest BCUT2D eigenvalue weighted by atomic mass is 10.2. The van der Waals surface area contributed by atoms with Gasteiger partial charge in [-0.05, 0) is 30.7 Å². The monoisotopic (exact) mass is 459 g/mol. The van der Waals surface area contributed by atoms with Crippen LogP contribution in [0.3, 0.4) is 0 Å². The predicted molar refractivity (Wildman–Crippen MR) is 119 cm³/mol. The lowest BCUT2D eigenvalue weighted by Gasteiger charge is -2.18. The Morgan fingerprint density at radius 1 is 1.19 bits per heavy atom. The van der Waals surface area contributed by atoms with Crippen LogP contribution in [0.25, 0.3) is 0 Å². The van der Waals surface area contributed by atoms with Gasteiger partial charge >= 0.3 is 6.18 Å². The molecule has 0 saturated heterocycles. The molecule has 0 aliphatic carbocycles. The molecule has 1 heterocycles. The number of allylic oxidation sites excluding steroid dienone is 1. The van der Waals surface area contributed by atoms with Crippen molar-refractivity contribution >= 4 is 29.6 Å². The fraction of sp³-hybridized carbons (Fsp3) is 0.182. The zero-order valence-corrected chi connectivity index (χ0v) is 18.0. The molecule has 0 radical (unpaired) electrons. The number of nitrogens with zero attached hydrogens (tertiary/aromatic N) is 5. The van der Waals surface area contributed by atoms with Gasteiger partial charge < -0.3 is 4.57 Å². The van der Waals surface area contributed by atoms with E-state index < -0.39 is 17.6 Å². The first-order chi connectivity index (χ1) is 15.3. The predicted octanol–water partition coefficient (Wildman–Crippen LogP) is 4.95. The fourth-order valence-electron chi connectivity index (χ4n) is 2.75. The van der Waals surface area contributed by atoms with Crippen molar-refractivity contribution < 1.29 is 18.0 Å². The van der Waals surface area contributed by atoms with Crippen LogP contribution in [-0.4, -0.2) is 32.6 Å². The summed E-state index contributed by atoms with van der Waals surface area (Å²) in [6.45, 7) is 5.94. The lowest BCUT2D eigenvalue weighted by molar-refractivity contribution is -0.137. The van der Waals surface area contributed by atoms with Gasteiger partial charge in [-0.25, -0.2) is 5.01 Å². The Bertz CT molecular complexity index is 1110. The first kappa shape index (κ1) is 23.3. The van der Waals surface area contributed by atoms with Gasteiger partial charge in [0, 0.05) is 6.54 Å². The van der Waals surface area contributed by atoms with Crippen molar-refractivity contribution in [1.29, 1.82) is 0 Å². The molecule has 1 amide bonds. The van der Waals surface area contributed by atoms with Gasteiger partial charge in [0.2, 0.25) is 0 Å². The van der Waals surface area contributed by atoms with Crippen LogP contribution in [0.5, 0.6) is 0 Å². The number of halogens is 3. The highest BCUT2D eigenvalue weighted by Gasteiger charge is 2.31. The Balaban J connectivity index is 1.87. The molecule has 6 nitrogen and oxygen atoms in total. The molecule has 0 bridgehead atoms. The van der Waals surface area contributed by atoms with E-state index in [1.165, 1.54) is 18.3 Å². The summed E-state index contributed by atoms with van der Waals surface area (Å²) in [7, 11) is 0. The number of aromatic nitrogens is 3. The molecular weight excluding hydrogens is 439 g/mol. The van der Waals surface area contributed by atoms with E-state index in [1.807, 2.05) is 6.07 Å². The summed E-state index contributed by atoms with van der Waals surface area (Å²) in [5, 5.41) is 13.7. The number of thioether (sulfide) groups is 1. The van der Waals surface area contributed by atoms with Gasteiger partial charge in [0.05, 0.1) is 23.2 Å². The molecular formula is C22H20F3N5OS. The number of alkyl halides is 3. The number of hydrazone groups is 1. The zero-order chi connectivity index (χ0) is 23.1. The van der Waals surface area contributed by atoms with E-state index in [2.05, 4.69) is 21.9 Å². The lowest BCUT2D eigenvalue weighted by Crippen LogP contribution is -2.28. The number of anilines is 1. The smallest absolute Gasteiger partial charge is 0.302 e. The van der Waals surface area contributed by atoms with Gasteiger partial charge in [0.15, 0.2) is 5.16 Å². The Morgan fingerprint density at radius 2 is 1.94 bits per heavy atom. The fourth-order valence-corrected chi connectivity index (χ4v) is 3.58. The first-order valence-corrected chi connectivity index (χ1v) is 10.5. The molecule has 3 aromatic rings. The Morgan fingerprint density at radius 3 is 2.62 bits per heavy atom. The number of carbonyl (C=O) groups excluding carboxylic acids is 1. The van der Waals surface area contributed by atoms with E-state index in [-0.39, 0.29) is 11.4 Å². The average molecular weight is 459 g/mol. The molecule has 0 aliphatic heterocycles. The van der Waals surface area contributed by atoms with Crippen LogP contribution >= 0.6 is 11.8 Å². The number of benzene rings is 2. The maximum atomic E-state index is 13.2. The molecule has 10 heteroatoms. The summed E-state index contributed by atoms with van der Waals surface area (Å²) in [6, 6.07) is 13.5. The van der Waals surface area contributed by atoms with Crippen molar-refractivity contribution in [3.63, 3.8) is 0 Å². The van der Waals surface area contributed by atoms with Gasteiger partial charge in [-0.15, -0.1) is 16.8 Å². The normalized spacial score (nSPS) is 11.6. The van der Waals surface area contributed by atoms with Crippen LogP contribution < -0.4 is 5.01 Å². The van der Waals surface area contributed by atoms with E-state index in [9.17, 15) is 18.0 Å². The number of aryl methyl sites for hydroxylation is 1. The number of amides is 1. The molecule has 0 aliphatic rings. The third-order valence-electron chi connectivity index (χ3n) is 4.31. The molecule has 2 aromatic carbocycles. The van der Waals surface area contributed by atoms with Gasteiger partial charge in [-0.2, -0.15) is 18.3 Å². The minimum absolute atomic E-state index is 0.0151. The minimum Gasteiger partial charge on any atom is -0.302 e. The topological polar surface area (TPSA) is 63.4 Å². The molecule has 3 rings (SSSR count). The van der Waals surface area contributed by atoms with Crippen LogP contribution in [0, 0.1) is 6.92 Å². The SMILES string of the molecule is C=CCn1c(C)nnc1SCC(=O)N(/N=C/c1ccccc1)c1cccc(C(F)(F)F)c1. The van der Waals surface area contributed by atoms with Crippen molar-refractivity contribution in [1.82, 2.24) is 14.8 Å². The highest BCUT2D eigenvalue weighted by atomic mass is 32.2. The minimum atomic E-state index is -4.54. The molecule has 0 fully saturated rings. The van der Waals surface area contributed by atoms with Crippen LogP contribution in [0.4, 0.5) is 18.9 Å². The van der Waals surface area contributed by atoms with E-state index in [1.54, 1.807) is 41.8 Å². The molecule has 166 valence electrons. The number of rotatable bonds is 8. The van der Waals surface area contributed by atoms with Crippen molar-refractivity contribution in [2.24, 2.45) is 5.10 Å². The number of hydrogen-bond acceptors (Lipinski definition) is 5. The second-order valence-corrected chi connectivity index (χ2v) is 7.57. The zero-order valence-electron chi connectivity index (χ0n) is 17.2. The third-order valence-corrected chi connectivity index (χ3v) is 5.27. The number of hydrogen-bond donors (Lipinski definition) is 0. The van der Waals surface area contributed by atoms with Crippen molar-refractivity contribution in [3.8, 4) is 0 Å². The van der Waals surface area contributed by atoms with E-state index >= 15 is 0 Å². The Kier molecular flexibility index (Phi) is 7.47. The summed E-state index contributed by atoms with van der Waals surface area (Å²) >= 11 is 1.12. The molecule has 0 atom stereocenters. The summed E-state index contributed by atoms with van der Waals surface area (Å²) in [4.78, 5) is 13.0. The number of carbonyl (C=O) groups is 1. The average Bonchev–Trinajstić information content (AvgIpc) is 3.12. The van der Waals surface area contributed by atoms with Crippen molar-refractivity contribution in [2.75, 3.05) is 10.8 Å². The van der Waals surface area contributed by atoms with E-state index in [4.69, 9.17) is 0 Å². The standard InChI is InChI=1S/C22H20F3N5OS/c1-3-12-29-16(2)27-28-21(29)32-15-20(31)30(26-14-17-8-5-4-6-9-17)19-11-7-10-18(13-19)22(23,24)25/h3-11,13-14H,1,12,15H2,2H3/b26-14+. The van der Waals surface area contributed by atoms with Crippen molar-refractivity contribution in [2.45, 2.75) is 24.8 Å². The van der Waals surface area contributed by atoms with Gasteiger partial charge in [-0.1, -0.05) is 54.2 Å². The largest absolute Gasteiger partial charge is 0.416 e. The first-order valence-electron chi connectivity index (χ1n) is 9.52. The molecule has 0 unspecified atom stereocenters. The Labute approximate surface area is 187 Å².